The van der Waals surface area contributed by atoms with E-state index >= 15 is 0 Å². The van der Waals surface area contributed by atoms with Crippen LogP contribution < -0.4 is 11.1 Å². The Morgan fingerprint density at radius 3 is 2.48 bits per heavy atom. The number of rotatable bonds is 7. The summed E-state index contributed by atoms with van der Waals surface area (Å²) in [5, 5.41) is 3.08. The van der Waals surface area contributed by atoms with Gasteiger partial charge in [0, 0.05) is 18.7 Å². The summed E-state index contributed by atoms with van der Waals surface area (Å²) in [4.78, 5) is 6.20. The first-order valence-corrected chi connectivity index (χ1v) is 8.04. The van der Waals surface area contributed by atoms with Crippen molar-refractivity contribution in [3.05, 3.63) is 71.0 Å². The molecule has 4 nitrogen and oxygen atoms in total. The van der Waals surface area contributed by atoms with Crippen LogP contribution in [0.2, 0.25) is 0 Å². The predicted molar refractivity (Wildman–Crippen MR) is 113 cm³/mol. The van der Waals surface area contributed by atoms with Gasteiger partial charge >= 0.3 is 0 Å². The fourth-order valence-corrected chi connectivity index (χ4v) is 2.37. The highest BCUT2D eigenvalue weighted by atomic mass is 127. The van der Waals surface area contributed by atoms with E-state index in [4.69, 9.17) is 5.73 Å². The van der Waals surface area contributed by atoms with Gasteiger partial charge in [-0.15, -0.1) is 24.0 Å². The largest absolute Gasteiger partial charge is 0.370 e. The zero-order valence-electron chi connectivity index (χ0n) is 14.7. The highest BCUT2D eigenvalue weighted by Crippen LogP contribution is 2.12. The molecular weight excluding hydrogens is 430 g/mol. The van der Waals surface area contributed by atoms with Crippen molar-refractivity contribution in [1.29, 1.82) is 0 Å². The number of nitrogens with zero attached hydrogens (tertiary/aromatic N) is 2. The minimum Gasteiger partial charge on any atom is -0.370 e. The van der Waals surface area contributed by atoms with Crippen LogP contribution in [-0.4, -0.2) is 31.5 Å². The molecule has 0 saturated heterocycles. The summed E-state index contributed by atoms with van der Waals surface area (Å²) in [6.45, 7) is 1.66. The fraction of sp³-hybridized carbons (Fsp3) is 0.316. The quantitative estimate of drug-likeness (QED) is 0.383. The Labute approximate surface area is 166 Å². The van der Waals surface area contributed by atoms with Gasteiger partial charge in [-0.05, 0) is 37.7 Å². The number of aliphatic imine (C=N–C) groups is 1. The summed E-state index contributed by atoms with van der Waals surface area (Å²) in [5.41, 5.74) is 8.59. The first kappa shape index (κ1) is 21.4. The highest BCUT2D eigenvalue weighted by molar-refractivity contribution is 14.0. The molecule has 0 aliphatic heterocycles. The number of nitrogens with two attached hydrogens (primary N) is 1. The topological polar surface area (TPSA) is 53.6 Å². The van der Waals surface area contributed by atoms with E-state index in [1.165, 1.54) is 11.6 Å². The lowest BCUT2D eigenvalue weighted by Crippen LogP contribution is -2.33. The second-order valence-corrected chi connectivity index (χ2v) is 6.03. The van der Waals surface area contributed by atoms with Crippen LogP contribution in [-0.2, 0) is 19.5 Å². The molecule has 0 fully saturated rings. The van der Waals surface area contributed by atoms with E-state index in [0.717, 1.165) is 18.5 Å². The number of hydrogen-bond donors (Lipinski definition) is 2. The SMILES string of the molecule is CN(C)Cc1ccc(CN=C(N)NCCc2ccccc2)cc1F.I. The molecule has 0 heterocycles. The maximum Gasteiger partial charge on any atom is 0.188 e. The third-order valence-electron chi connectivity index (χ3n) is 3.60. The van der Waals surface area contributed by atoms with Gasteiger partial charge in [0.1, 0.15) is 5.82 Å². The fourth-order valence-electron chi connectivity index (χ4n) is 2.37. The first-order chi connectivity index (χ1) is 11.5. The molecular formula is C19H26FIN4. The Morgan fingerprint density at radius 1 is 1.12 bits per heavy atom. The molecule has 0 aliphatic rings. The molecule has 3 N–H and O–H groups in total. The molecule has 0 aromatic heterocycles. The highest BCUT2D eigenvalue weighted by Gasteiger charge is 2.04. The monoisotopic (exact) mass is 456 g/mol. The van der Waals surface area contributed by atoms with Gasteiger partial charge in [0.25, 0.3) is 0 Å². The number of nitrogens with one attached hydrogen (secondary N) is 1. The van der Waals surface area contributed by atoms with E-state index in [-0.39, 0.29) is 29.8 Å². The van der Waals surface area contributed by atoms with Crippen LogP contribution in [0.3, 0.4) is 0 Å². The van der Waals surface area contributed by atoms with Crippen LogP contribution in [0.25, 0.3) is 0 Å². The summed E-state index contributed by atoms with van der Waals surface area (Å²) < 4.78 is 14.0. The van der Waals surface area contributed by atoms with Crippen molar-refractivity contribution in [2.45, 2.75) is 19.5 Å². The number of hydrogen-bond acceptors (Lipinski definition) is 2. The van der Waals surface area contributed by atoms with Crippen molar-refractivity contribution in [1.82, 2.24) is 10.2 Å². The minimum absolute atomic E-state index is 0. The molecule has 0 unspecified atom stereocenters. The molecule has 0 saturated carbocycles. The lowest BCUT2D eigenvalue weighted by atomic mass is 10.1. The van der Waals surface area contributed by atoms with Gasteiger partial charge in [0.15, 0.2) is 5.96 Å². The number of halogens is 2. The predicted octanol–water partition coefficient (Wildman–Crippen LogP) is 3.15. The van der Waals surface area contributed by atoms with Gasteiger partial charge in [-0.2, -0.15) is 0 Å². The summed E-state index contributed by atoms with van der Waals surface area (Å²) in [6.07, 6.45) is 0.880. The van der Waals surface area contributed by atoms with Crippen molar-refractivity contribution < 1.29 is 4.39 Å². The Hall–Kier alpha value is -1.67. The number of guanidine groups is 1. The summed E-state index contributed by atoms with van der Waals surface area (Å²) in [5.74, 6) is 0.177. The van der Waals surface area contributed by atoms with E-state index in [0.29, 0.717) is 24.6 Å². The Balaban J connectivity index is 0.00000312. The van der Waals surface area contributed by atoms with Gasteiger partial charge in [0.2, 0.25) is 0 Å². The molecule has 0 bridgehead atoms. The molecule has 0 radical (unpaired) electrons. The molecule has 2 aromatic carbocycles. The molecule has 2 rings (SSSR count). The third-order valence-corrected chi connectivity index (χ3v) is 3.60. The lowest BCUT2D eigenvalue weighted by Gasteiger charge is -2.11. The molecule has 6 heteroatoms. The zero-order chi connectivity index (χ0) is 17.4. The van der Waals surface area contributed by atoms with Gasteiger partial charge in [-0.25, -0.2) is 9.38 Å². The van der Waals surface area contributed by atoms with Crippen LogP contribution in [0, 0.1) is 5.82 Å². The average Bonchev–Trinajstić information content (AvgIpc) is 2.56. The van der Waals surface area contributed by atoms with Crippen LogP contribution in [0.4, 0.5) is 4.39 Å². The van der Waals surface area contributed by atoms with E-state index in [1.807, 2.05) is 43.3 Å². The van der Waals surface area contributed by atoms with Crippen molar-refractivity contribution in [3.63, 3.8) is 0 Å². The van der Waals surface area contributed by atoms with Gasteiger partial charge in [0.05, 0.1) is 6.54 Å². The molecule has 136 valence electrons. The second-order valence-electron chi connectivity index (χ2n) is 6.03. The van der Waals surface area contributed by atoms with Gasteiger partial charge in [-0.1, -0.05) is 42.5 Å². The Morgan fingerprint density at radius 2 is 1.84 bits per heavy atom. The molecule has 25 heavy (non-hydrogen) atoms. The second kappa shape index (κ2) is 11.0. The number of benzene rings is 2. The maximum absolute atomic E-state index is 14.0. The Bertz CT molecular complexity index is 674. The average molecular weight is 456 g/mol. The summed E-state index contributed by atoms with van der Waals surface area (Å²) in [7, 11) is 3.83. The molecule has 0 amide bonds. The van der Waals surface area contributed by atoms with E-state index in [1.54, 1.807) is 6.07 Å². The van der Waals surface area contributed by atoms with Crippen molar-refractivity contribution in [2.75, 3.05) is 20.6 Å². The standard InChI is InChI=1S/C19H25FN4.HI/c1-24(2)14-17-9-8-16(12-18(17)20)13-23-19(21)22-11-10-15-6-4-3-5-7-15;/h3-9,12H,10-11,13-14H2,1-2H3,(H3,21,22,23);1H. The lowest BCUT2D eigenvalue weighted by molar-refractivity contribution is 0.392. The molecule has 0 spiro atoms. The van der Waals surface area contributed by atoms with E-state index < -0.39 is 0 Å². The molecule has 0 aliphatic carbocycles. The third kappa shape index (κ3) is 7.83. The minimum atomic E-state index is -0.202. The van der Waals surface area contributed by atoms with Crippen molar-refractivity contribution in [2.24, 2.45) is 10.7 Å². The van der Waals surface area contributed by atoms with Gasteiger partial charge in [-0.3, -0.25) is 0 Å². The van der Waals surface area contributed by atoms with Crippen LogP contribution in [0.15, 0.2) is 53.5 Å². The Kier molecular flexibility index (Phi) is 9.44. The van der Waals surface area contributed by atoms with Crippen LogP contribution in [0.1, 0.15) is 16.7 Å². The normalized spacial score (nSPS) is 11.3. The van der Waals surface area contributed by atoms with E-state index in [2.05, 4.69) is 22.4 Å². The summed E-state index contributed by atoms with van der Waals surface area (Å²) in [6, 6.07) is 15.4. The smallest absolute Gasteiger partial charge is 0.188 e. The van der Waals surface area contributed by atoms with Crippen LogP contribution >= 0.6 is 24.0 Å². The van der Waals surface area contributed by atoms with Crippen molar-refractivity contribution in [3.8, 4) is 0 Å². The maximum atomic E-state index is 14.0. The van der Waals surface area contributed by atoms with Gasteiger partial charge < -0.3 is 16.0 Å². The van der Waals surface area contributed by atoms with E-state index in [9.17, 15) is 4.39 Å². The molecule has 0 atom stereocenters. The molecule has 2 aromatic rings. The zero-order valence-corrected chi connectivity index (χ0v) is 17.0. The van der Waals surface area contributed by atoms with Crippen molar-refractivity contribution >= 4 is 29.9 Å². The summed E-state index contributed by atoms with van der Waals surface area (Å²) >= 11 is 0. The van der Waals surface area contributed by atoms with Crippen LogP contribution in [0.5, 0.6) is 0 Å². The first-order valence-electron chi connectivity index (χ1n) is 8.04.